The van der Waals surface area contributed by atoms with Crippen LogP contribution in [-0.2, 0) is 11.3 Å². The monoisotopic (exact) mass is 387 g/mol. The molecule has 4 heteroatoms. The van der Waals surface area contributed by atoms with E-state index >= 15 is 0 Å². The largest absolute Gasteiger partial charge is 0.357 e. The van der Waals surface area contributed by atoms with Crippen LogP contribution in [0.25, 0.3) is 10.9 Å². The van der Waals surface area contributed by atoms with Gasteiger partial charge in [-0.3, -0.25) is 4.79 Å². The molecule has 0 bridgehead atoms. The van der Waals surface area contributed by atoms with Gasteiger partial charge in [-0.15, -0.1) is 0 Å². The number of anilines is 1. The average Bonchev–Trinajstić information content (AvgIpc) is 2.78. The summed E-state index contributed by atoms with van der Waals surface area (Å²) in [5.74, 6) is 1.94. The van der Waals surface area contributed by atoms with Gasteiger partial charge in [0.2, 0.25) is 5.91 Å². The normalized spacial score (nSPS) is 14.9. The molecular formula is C25H29N3O. The van der Waals surface area contributed by atoms with E-state index in [1.165, 1.54) is 10.9 Å². The Kier molecular flexibility index (Phi) is 6.09. The number of para-hydroxylation sites is 1. The van der Waals surface area contributed by atoms with Crippen LogP contribution in [0.1, 0.15) is 31.2 Å². The van der Waals surface area contributed by atoms with E-state index in [9.17, 15) is 4.79 Å². The molecule has 150 valence electrons. The molecule has 29 heavy (non-hydrogen) atoms. The van der Waals surface area contributed by atoms with Crippen molar-refractivity contribution in [1.82, 2.24) is 9.88 Å². The Hall–Kier alpha value is -2.88. The standard InChI is InChI=1S/C25H29N3O/c1-27(19-21-7-3-2-4-8-21)25(29)14-11-20-15-17-28(18-16-20)24-13-12-22-9-5-6-10-23(22)26-24/h2-10,12-13,20H,11,14-19H2,1H3. The molecule has 1 aliphatic rings. The van der Waals surface area contributed by atoms with E-state index in [2.05, 4.69) is 41.3 Å². The molecule has 2 heterocycles. The fourth-order valence-corrected chi connectivity index (χ4v) is 4.15. The fourth-order valence-electron chi connectivity index (χ4n) is 4.15. The van der Waals surface area contributed by atoms with Crippen molar-refractivity contribution < 1.29 is 4.79 Å². The smallest absolute Gasteiger partial charge is 0.222 e. The molecule has 0 aliphatic carbocycles. The van der Waals surface area contributed by atoms with Gasteiger partial charge >= 0.3 is 0 Å². The third-order valence-electron chi connectivity index (χ3n) is 5.98. The number of piperidine rings is 1. The van der Waals surface area contributed by atoms with E-state index in [1.54, 1.807) is 0 Å². The highest BCUT2D eigenvalue weighted by Gasteiger charge is 2.21. The Balaban J connectivity index is 1.24. The van der Waals surface area contributed by atoms with Crippen LogP contribution in [0.3, 0.4) is 0 Å². The quantitative estimate of drug-likeness (QED) is 0.604. The average molecular weight is 388 g/mol. The molecule has 1 amide bonds. The highest BCUT2D eigenvalue weighted by Crippen LogP contribution is 2.26. The van der Waals surface area contributed by atoms with Crippen LogP contribution in [0, 0.1) is 5.92 Å². The number of fused-ring (bicyclic) bond motifs is 1. The van der Waals surface area contributed by atoms with Gasteiger partial charge in [-0.1, -0.05) is 48.5 Å². The zero-order valence-corrected chi connectivity index (χ0v) is 17.1. The molecule has 4 nitrogen and oxygen atoms in total. The molecule has 1 aliphatic heterocycles. The highest BCUT2D eigenvalue weighted by atomic mass is 16.2. The van der Waals surface area contributed by atoms with Gasteiger partial charge in [-0.25, -0.2) is 4.98 Å². The van der Waals surface area contributed by atoms with Crippen molar-refractivity contribution in [2.24, 2.45) is 5.92 Å². The van der Waals surface area contributed by atoms with Crippen molar-refractivity contribution in [3.63, 3.8) is 0 Å². The van der Waals surface area contributed by atoms with Crippen molar-refractivity contribution in [2.75, 3.05) is 25.0 Å². The molecular weight excluding hydrogens is 358 g/mol. The van der Waals surface area contributed by atoms with Gasteiger partial charge < -0.3 is 9.80 Å². The molecule has 1 aromatic heterocycles. The number of nitrogens with zero attached hydrogens (tertiary/aromatic N) is 3. The second kappa shape index (κ2) is 9.08. The summed E-state index contributed by atoms with van der Waals surface area (Å²) in [6.07, 6.45) is 3.88. The third kappa shape index (κ3) is 4.94. The minimum Gasteiger partial charge on any atom is -0.357 e. The Bertz CT molecular complexity index is 948. The van der Waals surface area contributed by atoms with E-state index in [-0.39, 0.29) is 5.91 Å². The molecule has 2 aromatic carbocycles. The summed E-state index contributed by atoms with van der Waals surface area (Å²) in [5, 5.41) is 1.18. The number of carbonyl (C=O) groups excluding carboxylic acids is 1. The lowest BCUT2D eigenvalue weighted by Gasteiger charge is -2.33. The zero-order chi connectivity index (χ0) is 20.1. The maximum Gasteiger partial charge on any atom is 0.222 e. The Morgan fingerprint density at radius 1 is 1.00 bits per heavy atom. The second-order valence-electron chi connectivity index (χ2n) is 8.07. The molecule has 3 aromatic rings. The minimum atomic E-state index is 0.243. The molecule has 0 atom stereocenters. The van der Waals surface area contributed by atoms with Crippen LogP contribution in [0.2, 0.25) is 0 Å². The van der Waals surface area contributed by atoms with Crippen molar-refractivity contribution in [3.8, 4) is 0 Å². The number of pyridine rings is 1. The SMILES string of the molecule is CN(Cc1ccccc1)C(=O)CCC1CCN(c2ccc3ccccc3n2)CC1. The van der Waals surface area contributed by atoms with Crippen LogP contribution in [0.15, 0.2) is 66.7 Å². The molecule has 0 spiro atoms. The summed E-state index contributed by atoms with van der Waals surface area (Å²) in [6.45, 7) is 2.72. The van der Waals surface area contributed by atoms with Crippen molar-refractivity contribution in [1.29, 1.82) is 0 Å². The molecule has 0 saturated carbocycles. The van der Waals surface area contributed by atoms with Crippen LogP contribution in [-0.4, -0.2) is 35.9 Å². The third-order valence-corrected chi connectivity index (χ3v) is 5.98. The van der Waals surface area contributed by atoms with Gasteiger partial charge in [-0.05, 0) is 48.9 Å². The van der Waals surface area contributed by atoms with E-state index in [0.29, 0.717) is 18.9 Å². The lowest BCUT2D eigenvalue weighted by molar-refractivity contribution is -0.130. The maximum absolute atomic E-state index is 12.5. The number of carbonyl (C=O) groups is 1. The predicted octanol–water partition coefficient (Wildman–Crippen LogP) is 4.89. The topological polar surface area (TPSA) is 36.4 Å². The zero-order valence-electron chi connectivity index (χ0n) is 17.1. The van der Waals surface area contributed by atoms with E-state index < -0.39 is 0 Å². The first-order valence-electron chi connectivity index (χ1n) is 10.6. The highest BCUT2D eigenvalue weighted by molar-refractivity contribution is 5.80. The minimum absolute atomic E-state index is 0.243. The molecule has 1 fully saturated rings. The summed E-state index contributed by atoms with van der Waals surface area (Å²) >= 11 is 0. The van der Waals surface area contributed by atoms with Gasteiger partial charge in [0.15, 0.2) is 0 Å². The van der Waals surface area contributed by atoms with Gasteiger partial charge in [0, 0.05) is 38.5 Å². The first kappa shape index (κ1) is 19.4. The fraction of sp³-hybridized carbons (Fsp3) is 0.360. The number of rotatable bonds is 6. The van der Waals surface area contributed by atoms with E-state index in [1.807, 2.05) is 42.3 Å². The summed E-state index contributed by atoms with van der Waals surface area (Å²) in [7, 11) is 1.91. The van der Waals surface area contributed by atoms with Crippen LogP contribution >= 0.6 is 0 Å². The second-order valence-corrected chi connectivity index (χ2v) is 8.07. The first-order valence-corrected chi connectivity index (χ1v) is 10.6. The molecule has 1 saturated heterocycles. The number of hydrogen-bond donors (Lipinski definition) is 0. The Morgan fingerprint density at radius 3 is 2.52 bits per heavy atom. The van der Waals surface area contributed by atoms with Crippen LogP contribution in [0.5, 0.6) is 0 Å². The molecule has 0 unspecified atom stereocenters. The number of aromatic nitrogens is 1. The van der Waals surface area contributed by atoms with Crippen LogP contribution < -0.4 is 4.90 Å². The summed E-state index contributed by atoms with van der Waals surface area (Å²) in [6, 6.07) is 22.7. The summed E-state index contributed by atoms with van der Waals surface area (Å²) in [5.41, 5.74) is 2.23. The molecule has 0 N–H and O–H groups in total. The van der Waals surface area contributed by atoms with Crippen molar-refractivity contribution in [2.45, 2.75) is 32.2 Å². The van der Waals surface area contributed by atoms with Crippen molar-refractivity contribution in [3.05, 3.63) is 72.3 Å². The maximum atomic E-state index is 12.5. The predicted molar refractivity (Wildman–Crippen MR) is 119 cm³/mol. The Labute approximate surface area is 173 Å². The molecule has 4 rings (SSSR count). The summed E-state index contributed by atoms with van der Waals surface area (Å²) in [4.78, 5) is 21.6. The number of benzene rings is 2. The van der Waals surface area contributed by atoms with Crippen LogP contribution in [0.4, 0.5) is 5.82 Å². The molecule has 0 radical (unpaired) electrons. The van der Waals surface area contributed by atoms with Gasteiger partial charge in [-0.2, -0.15) is 0 Å². The van der Waals surface area contributed by atoms with Crippen molar-refractivity contribution >= 4 is 22.6 Å². The van der Waals surface area contributed by atoms with Gasteiger partial charge in [0.05, 0.1) is 5.52 Å². The number of amides is 1. The Morgan fingerprint density at radius 2 is 1.72 bits per heavy atom. The number of hydrogen-bond acceptors (Lipinski definition) is 3. The van der Waals surface area contributed by atoms with E-state index in [0.717, 1.165) is 43.7 Å². The first-order chi connectivity index (χ1) is 14.2. The lowest BCUT2D eigenvalue weighted by Crippen LogP contribution is -2.35. The van der Waals surface area contributed by atoms with Gasteiger partial charge in [0.1, 0.15) is 5.82 Å². The van der Waals surface area contributed by atoms with Gasteiger partial charge in [0.25, 0.3) is 0 Å². The lowest BCUT2D eigenvalue weighted by atomic mass is 9.92. The van der Waals surface area contributed by atoms with E-state index in [4.69, 9.17) is 4.98 Å². The summed E-state index contributed by atoms with van der Waals surface area (Å²) < 4.78 is 0.